The molecule has 0 aromatic heterocycles. The molecule has 2 nitrogen and oxygen atoms in total. The topological polar surface area (TPSA) is 29.1 Å². The van der Waals surface area contributed by atoms with Crippen LogP contribution < -0.4 is 5.32 Å². The molecule has 0 fully saturated rings. The average Bonchev–Trinajstić information content (AvgIpc) is 2.04. The Balaban J connectivity index is 3.59. The second kappa shape index (κ2) is 8.02. The predicted octanol–water partition coefficient (Wildman–Crippen LogP) is 2.43. The van der Waals surface area contributed by atoms with E-state index in [1.165, 1.54) is 6.92 Å². The number of nitrogens with one attached hydrogen (secondary N) is 1. The lowest BCUT2D eigenvalue weighted by Crippen LogP contribution is -2.33. The normalized spacial score (nSPS) is 12.5. The number of hydrogen-bond acceptors (Lipinski definition) is 1. The van der Waals surface area contributed by atoms with E-state index in [0.717, 1.165) is 25.7 Å². The average molecular weight is 189 g/mol. The van der Waals surface area contributed by atoms with Crippen molar-refractivity contribution >= 4 is 5.91 Å². The maximum Gasteiger partial charge on any atom is 0.217 e. The van der Waals surface area contributed by atoms with Gasteiger partial charge in [0.1, 0.15) is 0 Å². The lowest BCUT2D eigenvalue weighted by atomic mass is 10.1. The van der Waals surface area contributed by atoms with E-state index < -0.39 is 0 Å². The van der Waals surface area contributed by atoms with Gasteiger partial charge in [0.25, 0.3) is 0 Å². The van der Waals surface area contributed by atoms with Crippen molar-refractivity contribution in [3.05, 3.63) is 0 Å². The van der Waals surface area contributed by atoms with Gasteiger partial charge < -0.3 is 5.32 Å². The quantitative estimate of drug-likeness (QED) is 0.612. The number of halogens is 1. The molecule has 0 heterocycles. The van der Waals surface area contributed by atoms with Crippen LogP contribution in [0.1, 0.15) is 46.0 Å². The van der Waals surface area contributed by atoms with E-state index >= 15 is 0 Å². The van der Waals surface area contributed by atoms with Gasteiger partial charge in [0, 0.05) is 13.0 Å². The van der Waals surface area contributed by atoms with Crippen LogP contribution in [-0.4, -0.2) is 18.6 Å². The molecule has 0 aromatic rings. The third-order valence-corrected chi connectivity index (χ3v) is 2.02. The molecule has 78 valence electrons. The first-order valence-corrected chi connectivity index (χ1v) is 5.03. The Hall–Kier alpha value is -0.600. The van der Waals surface area contributed by atoms with Gasteiger partial charge in [-0.25, -0.2) is 0 Å². The van der Waals surface area contributed by atoms with Crippen molar-refractivity contribution in [2.75, 3.05) is 6.67 Å². The molecule has 13 heavy (non-hydrogen) atoms. The summed E-state index contributed by atoms with van der Waals surface area (Å²) in [5.74, 6) is -0.0602. The van der Waals surface area contributed by atoms with E-state index in [4.69, 9.17) is 0 Å². The van der Waals surface area contributed by atoms with Crippen molar-refractivity contribution in [1.29, 1.82) is 0 Å². The van der Waals surface area contributed by atoms with E-state index in [1.54, 1.807) is 0 Å². The SMILES string of the molecule is CCCCC[C@H](CCF)NC(C)=O. The van der Waals surface area contributed by atoms with Gasteiger partial charge in [0.05, 0.1) is 6.67 Å². The molecule has 3 heteroatoms. The minimum absolute atomic E-state index is 0.0362. The van der Waals surface area contributed by atoms with Gasteiger partial charge in [-0.2, -0.15) is 0 Å². The zero-order chi connectivity index (χ0) is 10.1. The second-order valence-electron chi connectivity index (χ2n) is 3.37. The van der Waals surface area contributed by atoms with Crippen LogP contribution in [0.25, 0.3) is 0 Å². The summed E-state index contributed by atoms with van der Waals surface area (Å²) in [4.78, 5) is 10.7. The third kappa shape index (κ3) is 7.75. The molecule has 0 spiro atoms. The van der Waals surface area contributed by atoms with Crippen molar-refractivity contribution in [1.82, 2.24) is 5.32 Å². The number of unbranched alkanes of at least 4 members (excludes halogenated alkanes) is 2. The second-order valence-corrected chi connectivity index (χ2v) is 3.37. The molecule has 0 saturated heterocycles. The molecule has 0 unspecified atom stereocenters. The van der Waals surface area contributed by atoms with Crippen LogP contribution in [0.3, 0.4) is 0 Å². The van der Waals surface area contributed by atoms with Crippen molar-refractivity contribution in [2.45, 2.75) is 52.0 Å². The highest BCUT2D eigenvalue weighted by atomic mass is 19.1. The summed E-state index contributed by atoms with van der Waals surface area (Å²) in [5.41, 5.74) is 0. The Kier molecular flexibility index (Phi) is 7.65. The van der Waals surface area contributed by atoms with Crippen molar-refractivity contribution in [2.24, 2.45) is 0 Å². The maximum absolute atomic E-state index is 12.1. The lowest BCUT2D eigenvalue weighted by molar-refractivity contribution is -0.119. The third-order valence-electron chi connectivity index (χ3n) is 2.02. The van der Waals surface area contributed by atoms with Gasteiger partial charge in [-0.05, 0) is 12.8 Å². The molecule has 1 amide bonds. The molecule has 0 aromatic carbocycles. The Labute approximate surface area is 79.9 Å². The molecule has 0 aliphatic heterocycles. The highest BCUT2D eigenvalue weighted by molar-refractivity contribution is 5.73. The van der Waals surface area contributed by atoms with Gasteiger partial charge in [-0.1, -0.05) is 26.2 Å². The lowest BCUT2D eigenvalue weighted by Gasteiger charge is -2.15. The van der Waals surface area contributed by atoms with Crippen molar-refractivity contribution < 1.29 is 9.18 Å². The zero-order valence-corrected chi connectivity index (χ0v) is 8.61. The molecule has 1 atom stereocenters. The summed E-state index contributed by atoms with van der Waals surface area (Å²) < 4.78 is 12.1. The van der Waals surface area contributed by atoms with E-state index in [9.17, 15) is 9.18 Å². The number of carbonyl (C=O) groups is 1. The van der Waals surface area contributed by atoms with Crippen LogP contribution >= 0.6 is 0 Å². The minimum atomic E-state index is -0.350. The molecule has 0 aliphatic rings. The standard InChI is InChI=1S/C10H20FNO/c1-3-4-5-6-10(7-8-11)12-9(2)13/h10H,3-8H2,1-2H3,(H,12,13)/t10-/m1/s1. The van der Waals surface area contributed by atoms with Gasteiger partial charge in [0.15, 0.2) is 0 Å². The first-order chi connectivity index (χ1) is 6.20. The zero-order valence-electron chi connectivity index (χ0n) is 8.61. The first kappa shape index (κ1) is 12.4. The van der Waals surface area contributed by atoms with Gasteiger partial charge in [-0.15, -0.1) is 0 Å². The van der Waals surface area contributed by atoms with E-state index in [1.807, 2.05) is 0 Å². The van der Waals surface area contributed by atoms with E-state index in [2.05, 4.69) is 12.2 Å². The molecule has 1 N–H and O–H groups in total. The Morgan fingerprint density at radius 2 is 2.08 bits per heavy atom. The van der Waals surface area contributed by atoms with Crippen LogP contribution in [-0.2, 0) is 4.79 Å². The summed E-state index contributed by atoms with van der Waals surface area (Å²) in [6, 6.07) is 0.0362. The highest BCUT2D eigenvalue weighted by Gasteiger charge is 2.08. The Morgan fingerprint density at radius 1 is 1.38 bits per heavy atom. The summed E-state index contributed by atoms with van der Waals surface area (Å²) in [6.07, 6.45) is 4.73. The number of rotatable bonds is 7. The summed E-state index contributed by atoms with van der Waals surface area (Å²) in [6.45, 7) is 3.25. The Bertz CT molecular complexity index is 139. The number of alkyl halides is 1. The summed E-state index contributed by atoms with van der Waals surface area (Å²) in [5, 5.41) is 2.76. The number of hydrogen-bond donors (Lipinski definition) is 1. The van der Waals surface area contributed by atoms with Crippen molar-refractivity contribution in [3.63, 3.8) is 0 Å². The molecule has 0 radical (unpaired) electrons. The summed E-state index contributed by atoms with van der Waals surface area (Å²) >= 11 is 0. The molecule has 0 aliphatic carbocycles. The molecule has 0 bridgehead atoms. The van der Waals surface area contributed by atoms with Gasteiger partial charge in [-0.3, -0.25) is 9.18 Å². The monoisotopic (exact) mass is 189 g/mol. The number of amides is 1. The largest absolute Gasteiger partial charge is 0.354 e. The number of carbonyl (C=O) groups excluding carboxylic acids is 1. The first-order valence-electron chi connectivity index (χ1n) is 5.03. The molecular weight excluding hydrogens is 169 g/mol. The van der Waals surface area contributed by atoms with Crippen LogP contribution in [0.4, 0.5) is 4.39 Å². The van der Waals surface area contributed by atoms with Gasteiger partial charge in [0.2, 0.25) is 5.91 Å². The fraction of sp³-hybridized carbons (Fsp3) is 0.900. The Morgan fingerprint density at radius 3 is 2.54 bits per heavy atom. The van der Waals surface area contributed by atoms with Crippen LogP contribution in [0, 0.1) is 0 Å². The van der Waals surface area contributed by atoms with Crippen molar-refractivity contribution in [3.8, 4) is 0 Å². The van der Waals surface area contributed by atoms with Crippen LogP contribution in [0.5, 0.6) is 0 Å². The minimum Gasteiger partial charge on any atom is -0.354 e. The molecule has 0 saturated carbocycles. The highest BCUT2D eigenvalue weighted by Crippen LogP contribution is 2.06. The van der Waals surface area contributed by atoms with Crippen LogP contribution in [0.2, 0.25) is 0 Å². The smallest absolute Gasteiger partial charge is 0.217 e. The van der Waals surface area contributed by atoms with Crippen LogP contribution in [0.15, 0.2) is 0 Å². The van der Waals surface area contributed by atoms with E-state index in [-0.39, 0.29) is 18.6 Å². The fourth-order valence-electron chi connectivity index (χ4n) is 1.35. The van der Waals surface area contributed by atoms with E-state index in [0.29, 0.717) is 6.42 Å². The predicted molar refractivity (Wildman–Crippen MR) is 52.3 cm³/mol. The summed E-state index contributed by atoms with van der Waals surface area (Å²) in [7, 11) is 0. The molecule has 0 rings (SSSR count). The maximum atomic E-state index is 12.1. The molecular formula is C10H20FNO. The van der Waals surface area contributed by atoms with Gasteiger partial charge >= 0.3 is 0 Å². The fourth-order valence-corrected chi connectivity index (χ4v) is 1.35.